The summed E-state index contributed by atoms with van der Waals surface area (Å²) in [6.07, 6.45) is 11.0. The lowest BCUT2D eigenvalue weighted by Crippen LogP contribution is -2.66. The van der Waals surface area contributed by atoms with Gasteiger partial charge in [-0.15, -0.1) is 11.3 Å². The molecule has 2 saturated heterocycles. The Morgan fingerprint density at radius 3 is 2.71 bits per heavy atom. The average molecular weight is 480 g/mol. The summed E-state index contributed by atoms with van der Waals surface area (Å²) in [5, 5.41) is 14.8. The summed E-state index contributed by atoms with van der Waals surface area (Å²) in [5.74, 6) is -0.0445. The van der Waals surface area contributed by atoms with E-state index in [1.165, 1.54) is 10.5 Å². The number of aromatic nitrogens is 2. The molecule has 0 radical (unpaired) electrons. The number of hydrogen-bond acceptors (Lipinski definition) is 7. The minimum Gasteiger partial charge on any atom is -0.387 e. The molecule has 10 heteroatoms. The van der Waals surface area contributed by atoms with Crippen molar-refractivity contribution in [3.05, 3.63) is 51.6 Å². The number of aliphatic hydroxyl groups is 1. The van der Waals surface area contributed by atoms with Crippen molar-refractivity contribution >= 4 is 47.0 Å². The molecule has 34 heavy (non-hydrogen) atoms. The number of nitrogens with zero attached hydrogens (tertiary/aromatic N) is 4. The molecule has 5 heterocycles. The molecular formula is C24H25N5O4S. The van der Waals surface area contributed by atoms with Crippen molar-refractivity contribution in [2.24, 2.45) is 5.41 Å². The van der Waals surface area contributed by atoms with Gasteiger partial charge >= 0.3 is 0 Å². The van der Waals surface area contributed by atoms with Crippen molar-refractivity contribution in [1.82, 2.24) is 19.8 Å². The lowest BCUT2D eigenvalue weighted by Gasteiger charge is -2.50. The minimum absolute atomic E-state index is 0.0343. The number of hydrogen-bond donors (Lipinski definition) is 2. The highest BCUT2D eigenvalue weighted by Crippen LogP contribution is 2.40. The van der Waals surface area contributed by atoms with Gasteiger partial charge in [0.05, 0.1) is 5.41 Å². The molecule has 0 atom stereocenters. The van der Waals surface area contributed by atoms with E-state index in [0.717, 1.165) is 29.0 Å². The standard InChI is InChI=1S/C24H25N5O4S/c30-13-21(32)29-14-24(15-29)11-18-9-17(12-26-22(18)27-23(24)33)1-2-20(31)28-6-3-16(4-7-28)10-19-25-5-8-34-19/h1-2,5,8-10,12,30H,3-4,6-7,11,13-15H2,(H,26,27,33). The molecule has 0 saturated carbocycles. The number of carbonyl (C=O) groups excluding carboxylic acids is 3. The van der Waals surface area contributed by atoms with Crippen LogP contribution in [-0.2, 0) is 20.8 Å². The second-order valence-electron chi connectivity index (χ2n) is 8.93. The maximum Gasteiger partial charge on any atom is 0.248 e. The first-order valence-electron chi connectivity index (χ1n) is 11.2. The number of amides is 3. The maximum absolute atomic E-state index is 12.7. The van der Waals surface area contributed by atoms with Gasteiger partial charge in [0, 0.05) is 50.0 Å². The Morgan fingerprint density at radius 1 is 1.21 bits per heavy atom. The molecule has 176 valence electrons. The van der Waals surface area contributed by atoms with Gasteiger partial charge in [-0.25, -0.2) is 9.97 Å². The third-order valence-electron chi connectivity index (χ3n) is 6.62. The van der Waals surface area contributed by atoms with Crippen LogP contribution in [0.1, 0.15) is 29.0 Å². The molecular weight excluding hydrogens is 454 g/mol. The van der Waals surface area contributed by atoms with Gasteiger partial charge in [-0.1, -0.05) is 5.57 Å². The monoisotopic (exact) mass is 479 g/mol. The van der Waals surface area contributed by atoms with Crippen molar-refractivity contribution in [3.63, 3.8) is 0 Å². The molecule has 3 aliphatic heterocycles. The van der Waals surface area contributed by atoms with E-state index >= 15 is 0 Å². The lowest BCUT2D eigenvalue weighted by atomic mass is 9.72. The summed E-state index contributed by atoms with van der Waals surface area (Å²) in [5.41, 5.74) is 2.28. The lowest BCUT2D eigenvalue weighted by molar-refractivity contribution is -0.153. The Bertz CT molecular complexity index is 1170. The quantitative estimate of drug-likeness (QED) is 0.644. The normalized spacial score (nSPS) is 19.1. The second kappa shape index (κ2) is 9.11. The highest BCUT2D eigenvalue weighted by molar-refractivity contribution is 7.10. The van der Waals surface area contributed by atoms with E-state index < -0.39 is 12.0 Å². The van der Waals surface area contributed by atoms with Crippen LogP contribution in [0.3, 0.4) is 0 Å². The molecule has 5 rings (SSSR count). The molecule has 9 nitrogen and oxygen atoms in total. The molecule has 0 aliphatic carbocycles. The molecule has 2 aromatic rings. The molecule has 2 aromatic heterocycles. The maximum atomic E-state index is 12.7. The number of thiazole rings is 1. The SMILES string of the molecule is O=C(C=Cc1cnc2c(c1)CC1(CN(C(=O)CO)C1)C(=O)N2)N1CCC(=Cc2nccs2)CC1. The predicted octanol–water partition coefficient (Wildman–Crippen LogP) is 1.57. The second-order valence-corrected chi connectivity index (χ2v) is 9.85. The molecule has 3 aliphatic rings. The van der Waals surface area contributed by atoms with Gasteiger partial charge in [0.2, 0.25) is 17.7 Å². The fraction of sp³-hybridized carbons (Fsp3) is 0.375. The van der Waals surface area contributed by atoms with Crippen molar-refractivity contribution in [2.75, 3.05) is 38.1 Å². The summed E-state index contributed by atoms with van der Waals surface area (Å²) in [6, 6.07) is 1.93. The number of carbonyl (C=O) groups is 3. The van der Waals surface area contributed by atoms with E-state index in [4.69, 9.17) is 5.11 Å². The number of anilines is 1. The summed E-state index contributed by atoms with van der Waals surface area (Å²) < 4.78 is 0. The molecule has 0 bridgehead atoms. The molecule has 3 amide bonds. The van der Waals surface area contributed by atoms with E-state index in [9.17, 15) is 14.4 Å². The topological polar surface area (TPSA) is 116 Å². The third kappa shape index (κ3) is 4.38. The average Bonchev–Trinajstić information content (AvgIpc) is 3.33. The summed E-state index contributed by atoms with van der Waals surface area (Å²) in [7, 11) is 0. The predicted molar refractivity (Wildman–Crippen MR) is 128 cm³/mol. The fourth-order valence-electron chi connectivity index (χ4n) is 4.68. The minimum atomic E-state index is -0.685. The Balaban J connectivity index is 1.20. The van der Waals surface area contributed by atoms with Crippen LogP contribution in [0.25, 0.3) is 12.2 Å². The fourth-order valence-corrected chi connectivity index (χ4v) is 5.30. The Morgan fingerprint density at radius 2 is 2.00 bits per heavy atom. The number of rotatable bonds is 4. The van der Waals surface area contributed by atoms with Crippen LogP contribution >= 0.6 is 11.3 Å². The van der Waals surface area contributed by atoms with Gasteiger partial charge in [0.25, 0.3) is 0 Å². The van der Waals surface area contributed by atoms with E-state index in [2.05, 4.69) is 21.4 Å². The summed E-state index contributed by atoms with van der Waals surface area (Å²) >= 11 is 1.61. The smallest absolute Gasteiger partial charge is 0.248 e. The number of likely N-dealkylation sites (tertiary alicyclic amines) is 2. The van der Waals surface area contributed by atoms with Crippen LogP contribution in [0.4, 0.5) is 5.82 Å². The number of piperidine rings is 1. The van der Waals surface area contributed by atoms with Gasteiger partial charge in [-0.05, 0) is 48.6 Å². The van der Waals surface area contributed by atoms with Crippen LogP contribution in [0.5, 0.6) is 0 Å². The molecule has 1 spiro atoms. The first-order valence-corrected chi connectivity index (χ1v) is 12.1. The highest BCUT2D eigenvalue weighted by atomic mass is 32.1. The van der Waals surface area contributed by atoms with Gasteiger partial charge in [-0.3, -0.25) is 14.4 Å². The Hall–Kier alpha value is -3.37. The van der Waals surface area contributed by atoms with Crippen molar-refractivity contribution in [1.29, 1.82) is 0 Å². The zero-order chi connectivity index (χ0) is 23.7. The van der Waals surface area contributed by atoms with Crippen molar-refractivity contribution in [3.8, 4) is 0 Å². The van der Waals surface area contributed by atoms with E-state index in [1.807, 2.05) is 16.3 Å². The first kappa shape index (κ1) is 22.4. The Labute approximate surface area is 200 Å². The molecule has 2 fully saturated rings. The number of nitrogens with one attached hydrogen (secondary N) is 1. The zero-order valence-corrected chi connectivity index (χ0v) is 19.4. The summed E-state index contributed by atoms with van der Waals surface area (Å²) in [6.45, 7) is 1.37. The largest absolute Gasteiger partial charge is 0.387 e. The molecule has 0 unspecified atom stereocenters. The zero-order valence-electron chi connectivity index (χ0n) is 18.6. The molecule has 2 N–H and O–H groups in total. The van der Waals surface area contributed by atoms with E-state index in [-0.39, 0.29) is 30.8 Å². The highest BCUT2D eigenvalue weighted by Gasteiger charge is 2.53. The van der Waals surface area contributed by atoms with Gasteiger partial charge in [0.15, 0.2) is 0 Å². The molecule has 0 aromatic carbocycles. The summed E-state index contributed by atoms with van der Waals surface area (Å²) in [4.78, 5) is 48.9. The van der Waals surface area contributed by atoms with Gasteiger partial charge < -0.3 is 20.2 Å². The van der Waals surface area contributed by atoms with E-state index in [0.29, 0.717) is 25.3 Å². The van der Waals surface area contributed by atoms with Crippen molar-refractivity contribution < 1.29 is 19.5 Å². The number of aliphatic hydroxyl groups excluding tert-OH is 1. The number of pyridine rings is 1. The van der Waals surface area contributed by atoms with E-state index in [1.54, 1.807) is 35.9 Å². The third-order valence-corrected chi connectivity index (χ3v) is 7.34. The van der Waals surface area contributed by atoms with Crippen LogP contribution in [0, 0.1) is 5.41 Å². The van der Waals surface area contributed by atoms with Gasteiger partial charge in [-0.2, -0.15) is 0 Å². The van der Waals surface area contributed by atoms with Crippen molar-refractivity contribution in [2.45, 2.75) is 19.3 Å². The first-order chi connectivity index (χ1) is 16.5. The van der Waals surface area contributed by atoms with Crippen LogP contribution in [0.2, 0.25) is 0 Å². The van der Waals surface area contributed by atoms with Crippen LogP contribution in [-0.4, -0.2) is 75.4 Å². The van der Waals surface area contributed by atoms with Crippen LogP contribution in [0.15, 0.2) is 35.5 Å². The van der Waals surface area contributed by atoms with Gasteiger partial charge in [0.1, 0.15) is 17.4 Å². The Kier molecular flexibility index (Phi) is 6.01. The number of fused-ring (bicyclic) bond motifs is 1. The van der Waals surface area contributed by atoms with Crippen LogP contribution < -0.4 is 5.32 Å².